The molecule has 0 atom stereocenters. The first-order valence-corrected chi connectivity index (χ1v) is 5.34. The molecule has 0 aliphatic rings. The number of nitriles is 1. The van der Waals surface area contributed by atoms with Gasteiger partial charge in [0.25, 0.3) is 0 Å². The van der Waals surface area contributed by atoms with Crippen LogP contribution in [0.5, 0.6) is 0 Å². The molecule has 0 unspecified atom stereocenters. The summed E-state index contributed by atoms with van der Waals surface area (Å²) in [7, 11) is 0. The monoisotopic (exact) mass is 255 g/mol. The van der Waals surface area contributed by atoms with Gasteiger partial charge < -0.3 is 10.6 Å². The molecule has 0 aromatic heterocycles. The highest BCUT2D eigenvalue weighted by Gasteiger charge is 2.04. The molecule has 0 spiro atoms. The van der Waals surface area contributed by atoms with Gasteiger partial charge in [-0.05, 0) is 18.2 Å². The highest BCUT2D eigenvalue weighted by atomic mass is 35.5. The fourth-order valence-electron chi connectivity index (χ4n) is 1.13. The number of carbonyl (C=O) groups excluding carboxylic acids is 1. The lowest BCUT2D eigenvalue weighted by Crippen LogP contribution is -2.30. The lowest BCUT2D eigenvalue weighted by atomic mass is 10.3. The highest BCUT2D eigenvalue weighted by molar-refractivity contribution is 6.33. The van der Waals surface area contributed by atoms with Crippen LogP contribution in [0, 0.1) is 17.1 Å². The summed E-state index contributed by atoms with van der Waals surface area (Å²) in [5.74, 6) is -0.706. The smallest absolute Gasteiger partial charge is 0.239 e. The van der Waals surface area contributed by atoms with Crippen molar-refractivity contribution in [3.63, 3.8) is 0 Å². The van der Waals surface area contributed by atoms with E-state index in [9.17, 15) is 9.18 Å². The van der Waals surface area contributed by atoms with Crippen LogP contribution in [0.25, 0.3) is 0 Å². The largest absolute Gasteiger partial charge is 0.375 e. The van der Waals surface area contributed by atoms with Gasteiger partial charge in [0.2, 0.25) is 5.91 Å². The summed E-state index contributed by atoms with van der Waals surface area (Å²) in [5.41, 5.74) is 0.363. The van der Waals surface area contributed by atoms with Gasteiger partial charge in [0.1, 0.15) is 5.82 Å². The maximum Gasteiger partial charge on any atom is 0.239 e. The third kappa shape index (κ3) is 4.70. The van der Waals surface area contributed by atoms with Gasteiger partial charge in [-0.1, -0.05) is 11.6 Å². The van der Waals surface area contributed by atoms with Crippen LogP contribution < -0.4 is 10.6 Å². The van der Waals surface area contributed by atoms with Gasteiger partial charge in [-0.3, -0.25) is 4.79 Å². The minimum atomic E-state index is -0.429. The van der Waals surface area contributed by atoms with Gasteiger partial charge in [-0.15, -0.1) is 0 Å². The number of nitrogens with zero attached hydrogens (tertiary/aromatic N) is 1. The number of anilines is 1. The molecule has 0 aliphatic heterocycles. The Hall–Kier alpha value is -1.80. The third-order valence-electron chi connectivity index (χ3n) is 1.93. The Bertz CT molecular complexity index is 445. The summed E-state index contributed by atoms with van der Waals surface area (Å²) < 4.78 is 12.9. The molecule has 17 heavy (non-hydrogen) atoms. The molecule has 0 radical (unpaired) electrons. The molecular formula is C11H11ClFN3O. The fourth-order valence-corrected chi connectivity index (χ4v) is 1.31. The number of amides is 1. The average molecular weight is 256 g/mol. The molecule has 0 heterocycles. The summed E-state index contributed by atoms with van der Waals surface area (Å²) >= 11 is 5.80. The number of hydrogen-bond donors (Lipinski definition) is 2. The van der Waals surface area contributed by atoms with E-state index >= 15 is 0 Å². The Balaban J connectivity index is 2.42. The van der Waals surface area contributed by atoms with Gasteiger partial charge in [-0.25, -0.2) is 4.39 Å². The van der Waals surface area contributed by atoms with Crippen LogP contribution in [0.15, 0.2) is 18.2 Å². The van der Waals surface area contributed by atoms with Gasteiger partial charge in [-0.2, -0.15) is 5.26 Å². The van der Waals surface area contributed by atoms with Crippen molar-refractivity contribution in [3.05, 3.63) is 29.0 Å². The third-order valence-corrected chi connectivity index (χ3v) is 2.26. The molecule has 0 saturated carbocycles. The maximum atomic E-state index is 12.9. The second-order valence-electron chi connectivity index (χ2n) is 3.24. The Morgan fingerprint density at radius 3 is 3.00 bits per heavy atom. The summed E-state index contributed by atoms with van der Waals surface area (Å²) in [4.78, 5) is 11.3. The van der Waals surface area contributed by atoms with Gasteiger partial charge in [0.05, 0.1) is 29.7 Å². The minimum Gasteiger partial charge on any atom is -0.375 e. The topological polar surface area (TPSA) is 64.9 Å². The molecule has 1 amide bonds. The van der Waals surface area contributed by atoms with Gasteiger partial charge in [0.15, 0.2) is 0 Å². The average Bonchev–Trinajstić information content (AvgIpc) is 2.31. The van der Waals surface area contributed by atoms with E-state index in [-0.39, 0.29) is 18.9 Å². The van der Waals surface area contributed by atoms with E-state index in [1.165, 1.54) is 18.2 Å². The molecule has 1 aromatic carbocycles. The van der Waals surface area contributed by atoms with Crippen molar-refractivity contribution in [2.24, 2.45) is 0 Å². The molecule has 1 rings (SSSR count). The molecule has 0 saturated heterocycles. The number of hydrogen-bond acceptors (Lipinski definition) is 3. The number of nitrogens with one attached hydrogen (secondary N) is 2. The van der Waals surface area contributed by atoms with Crippen molar-refractivity contribution in [2.75, 3.05) is 18.4 Å². The molecule has 0 aliphatic carbocycles. The normalized spacial score (nSPS) is 9.47. The van der Waals surface area contributed by atoms with Crippen LogP contribution in [0.1, 0.15) is 6.42 Å². The first-order valence-electron chi connectivity index (χ1n) is 4.96. The van der Waals surface area contributed by atoms with Crippen molar-refractivity contribution >= 4 is 23.2 Å². The maximum absolute atomic E-state index is 12.9. The van der Waals surface area contributed by atoms with Crippen LogP contribution in [-0.2, 0) is 4.79 Å². The van der Waals surface area contributed by atoms with Crippen molar-refractivity contribution in [3.8, 4) is 6.07 Å². The summed E-state index contributed by atoms with van der Waals surface area (Å²) in [6.45, 7) is 0.280. The first kappa shape index (κ1) is 13.3. The molecule has 0 bridgehead atoms. The Morgan fingerprint density at radius 2 is 2.29 bits per heavy atom. The van der Waals surface area contributed by atoms with Crippen LogP contribution in [0.2, 0.25) is 5.02 Å². The van der Waals surface area contributed by atoms with Crippen LogP contribution in [-0.4, -0.2) is 19.0 Å². The van der Waals surface area contributed by atoms with E-state index in [4.69, 9.17) is 16.9 Å². The Kier molecular flexibility index (Phi) is 5.24. The minimum absolute atomic E-state index is 0.0192. The molecule has 2 N–H and O–H groups in total. The van der Waals surface area contributed by atoms with Gasteiger partial charge in [0, 0.05) is 6.54 Å². The molecule has 0 fully saturated rings. The quantitative estimate of drug-likeness (QED) is 0.790. The number of rotatable bonds is 5. The lowest BCUT2D eigenvalue weighted by molar-refractivity contribution is -0.119. The van der Waals surface area contributed by atoms with E-state index in [0.717, 1.165) is 0 Å². The fraction of sp³-hybridized carbons (Fsp3) is 0.273. The molecule has 90 valence electrons. The summed E-state index contributed by atoms with van der Waals surface area (Å²) in [6.07, 6.45) is 0.256. The Morgan fingerprint density at radius 1 is 1.53 bits per heavy atom. The highest BCUT2D eigenvalue weighted by Crippen LogP contribution is 2.21. The Labute approximate surface area is 103 Å². The second kappa shape index (κ2) is 6.71. The summed E-state index contributed by atoms with van der Waals surface area (Å²) in [6, 6.07) is 5.77. The number of halogens is 2. The zero-order valence-electron chi connectivity index (χ0n) is 8.96. The SMILES string of the molecule is N#CCCNC(=O)CNc1cc(F)ccc1Cl. The lowest BCUT2D eigenvalue weighted by Gasteiger charge is -2.08. The van der Waals surface area contributed by atoms with Crippen LogP contribution >= 0.6 is 11.6 Å². The molecular weight excluding hydrogens is 245 g/mol. The molecule has 1 aromatic rings. The van der Waals surface area contributed by atoms with Crippen molar-refractivity contribution in [2.45, 2.75) is 6.42 Å². The zero-order valence-corrected chi connectivity index (χ0v) is 9.72. The molecule has 6 heteroatoms. The zero-order chi connectivity index (χ0) is 12.7. The number of carbonyl (C=O) groups is 1. The first-order chi connectivity index (χ1) is 8.13. The van der Waals surface area contributed by atoms with E-state index in [1.54, 1.807) is 0 Å². The van der Waals surface area contributed by atoms with Gasteiger partial charge >= 0.3 is 0 Å². The number of benzene rings is 1. The van der Waals surface area contributed by atoms with Crippen LogP contribution in [0.4, 0.5) is 10.1 Å². The van der Waals surface area contributed by atoms with Crippen LogP contribution in [0.3, 0.4) is 0 Å². The van der Waals surface area contributed by atoms with Crippen molar-refractivity contribution in [1.29, 1.82) is 5.26 Å². The predicted molar refractivity (Wildman–Crippen MR) is 63.1 cm³/mol. The van der Waals surface area contributed by atoms with E-state index in [2.05, 4.69) is 10.6 Å². The van der Waals surface area contributed by atoms with Crippen molar-refractivity contribution < 1.29 is 9.18 Å². The second-order valence-corrected chi connectivity index (χ2v) is 3.64. The molecule has 4 nitrogen and oxygen atoms in total. The standard InChI is InChI=1S/C11H11ClFN3O/c12-9-3-2-8(13)6-10(9)16-7-11(17)15-5-1-4-14/h2-3,6,16H,1,5,7H2,(H,15,17). The van der Waals surface area contributed by atoms with E-state index in [1.807, 2.05) is 6.07 Å². The van der Waals surface area contributed by atoms with E-state index in [0.29, 0.717) is 17.3 Å². The predicted octanol–water partition coefficient (Wildman–Crippen LogP) is 1.92. The summed E-state index contributed by atoms with van der Waals surface area (Å²) in [5, 5.41) is 13.9. The van der Waals surface area contributed by atoms with Crippen molar-refractivity contribution in [1.82, 2.24) is 5.32 Å². The van der Waals surface area contributed by atoms with E-state index < -0.39 is 5.82 Å².